The summed E-state index contributed by atoms with van der Waals surface area (Å²) in [6, 6.07) is 9.61. The number of pyridine rings is 1. The van der Waals surface area contributed by atoms with Crippen LogP contribution in [0.1, 0.15) is 18.9 Å². The van der Waals surface area contributed by atoms with Crippen molar-refractivity contribution < 1.29 is 4.39 Å². The molecule has 2 nitrogen and oxygen atoms in total. The van der Waals surface area contributed by atoms with Crippen LogP contribution in [0.5, 0.6) is 0 Å². The van der Waals surface area contributed by atoms with Gasteiger partial charge in [-0.25, -0.2) is 4.39 Å². The first-order chi connectivity index (χ1) is 8.79. The fourth-order valence-corrected chi connectivity index (χ4v) is 1.79. The molecule has 0 aliphatic rings. The molecule has 94 valence electrons. The van der Waals surface area contributed by atoms with Gasteiger partial charge in [0.2, 0.25) is 0 Å². The molecule has 18 heavy (non-hydrogen) atoms. The van der Waals surface area contributed by atoms with Crippen LogP contribution >= 0.6 is 0 Å². The normalized spacial score (nSPS) is 10.6. The number of benzene rings is 1. The van der Waals surface area contributed by atoms with Crippen molar-refractivity contribution in [1.29, 1.82) is 0 Å². The van der Waals surface area contributed by atoms with E-state index < -0.39 is 0 Å². The summed E-state index contributed by atoms with van der Waals surface area (Å²) in [4.78, 5) is 3.86. The highest BCUT2D eigenvalue weighted by Gasteiger charge is 2.00. The van der Waals surface area contributed by atoms with Crippen molar-refractivity contribution in [2.75, 3.05) is 6.54 Å². The van der Waals surface area contributed by atoms with Crippen LogP contribution in [0, 0.1) is 5.82 Å². The molecule has 1 heterocycles. The Hall–Kier alpha value is -1.74. The quantitative estimate of drug-likeness (QED) is 0.815. The fraction of sp³-hybridized carbons (Fsp3) is 0.267. The lowest BCUT2D eigenvalue weighted by atomic mass is 10.1. The molecule has 1 aromatic heterocycles. The van der Waals surface area contributed by atoms with Gasteiger partial charge in [0, 0.05) is 18.3 Å². The Bertz CT molecular complexity index is 494. The number of nitrogens with one attached hydrogen (secondary N) is 1. The Kier molecular flexibility index (Phi) is 4.42. The highest BCUT2D eigenvalue weighted by Crippen LogP contribution is 2.19. The van der Waals surface area contributed by atoms with Crippen LogP contribution in [0.15, 0.2) is 42.7 Å². The molecular formula is C15H17FN2. The van der Waals surface area contributed by atoms with Gasteiger partial charge >= 0.3 is 0 Å². The standard InChI is InChI=1S/C15H17FN2/c1-2-7-17-9-12-3-5-13(6-4-12)14-8-15(16)11-18-10-14/h3-6,8,10-11,17H,2,7,9H2,1H3. The zero-order chi connectivity index (χ0) is 12.8. The Labute approximate surface area is 107 Å². The van der Waals surface area contributed by atoms with Crippen LogP contribution in [0.4, 0.5) is 4.39 Å². The summed E-state index contributed by atoms with van der Waals surface area (Å²) in [5, 5.41) is 3.35. The highest BCUT2D eigenvalue weighted by atomic mass is 19.1. The van der Waals surface area contributed by atoms with E-state index in [1.807, 2.05) is 12.1 Å². The first-order valence-electron chi connectivity index (χ1n) is 6.20. The van der Waals surface area contributed by atoms with Crippen LogP contribution in [-0.2, 0) is 6.54 Å². The number of halogens is 1. The predicted octanol–water partition coefficient (Wildman–Crippen LogP) is 3.39. The summed E-state index contributed by atoms with van der Waals surface area (Å²) in [7, 11) is 0. The van der Waals surface area contributed by atoms with E-state index >= 15 is 0 Å². The average Bonchev–Trinajstić information content (AvgIpc) is 2.40. The Balaban J connectivity index is 2.07. The third-order valence-corrected chi connectivity index (χ3v) is 2.75. The SMILES string of the molecule is CCCNCc1ccc(-c2cncc(F)c2)cc1. The van der Waals surface area contributed by atoms with Gasteiger partial charge in [0.1, 0.15) is 5.82 Å². The van der Waals surface area contributed by atoms with Crippen LogP contribution in [0.2, 0.25) is 0 Å². The summed E-state index contributed by atoms with van der Waals surface area (Å²) >= 11 is 0. The lowest BCUT2D eigenvalue weighted by Gasteiger charge is -2.05. The molecule has 0 saturated carbocycles. The second-order valence-corrected chi connectivity index (χ2v) is 4.27. The second kappa shape index (κ2) is 6.26. The van der Waals surface area contributed by atoms with Crippen LogP contribution in [-0.4, -0.2) is 11.5 Å². The van der Waals surface area contributed by atoms with Crippen molar-refractivity contribution >= 4 is 0 Å². The molecule has 0 fully saturated rings. The molecular weight excluding hydrogens is 227 g/mol. The van der Waals surface area contributed by atoms with Gasteiger partial charge in [0.15, 0.2) is 0 Å². The molecule has 0 amide bonds. The summed E-state index contributed by atoms with van der Waals surface area (Å²) in [5.74, 6) is -0.304. The van der Waals surface area contributed by atoms with Crippen molar-refractivity contribution in [1.82, 2.24) is 10.3 Å². The molecule has 0 unspecified atom stereocenters. The lowest BCUT2D eigenvalue weighted by Crippen LogP contribution is -2.13. The lowest BCUT2D eigenvalue weighted by molar-refractivity contribution is 0.622. The minimum Gasteiger partial charge on any atom is -0.313 e. The molecule has 0 spiro atoms. The molecule has 0 radical (unpaired) electrons. The van der Waals surface area contributed by atoms with Crippen LogP contribution < -0.4 is 5.32 Å². The van der Waals surface area contributed by atoms with Crippen molar-refractivity contribution in [3.63, 3.8) is 0 Å². The Morgan fingerprint density at radius 1 is 1.11 bits per heavy atom. The largest absolute Gasteiger partial charge is 0.313 e. The minimum atomic E-state index is -0.304. The van der Waals surface area contributed by atoms with E-state index in [0.717, 1.165) is 30.6 Å². The van der Waals surface area contributed by atoms with E-state index in [-0.39, 0.29) is 5.82 Å². The maximum atomic E-state index is 13.1. The molecule has 0 bridgehead atoms. The van der Waals surface area contributed by atoms with Crippen molar-refractivity contribution in [2.24, 2.45) is 0 Å². The van der Waals surface area contributed by atoms with Gasteiger partial charge in [-0.2, -0.15) is 0 Å². The summed E-state index contributed by atoms with van der Waals surface area (Å²) < 4.78 is 13.1. The third kappa shape index (κ3) is 3.37. The van der Waals surface area contributed by atoms with Gasteiger partial charge in [0.25, 0.3) is 0 Å². The van der Waals surface area contributed by atoms with Crippen LogP contribution in [0.3, 0.4) is 0 Å². The number of aromatic nitrogens is 1. The molecule has 2 aromatic rings. The van der Waals surface area contributed by atoms with E-state index in [0.29, 0.717) is 0 Å². The molecule has 1 aromatic carbocycles. The van der Waals surface area contributed by atoms with Gasteiger partial charge in [-0.1, -0.05) is 31.2 Å². The van der Waals surface area contributed by atoms with Crippen molar-refractivity contribution in [3.8, 4) is 11.1 Å². The Morgan fingerprint density at radius 2 is 1.89 bits per heavy atom. The number of rotatable bonds is 5. The van der Waals surface area contributed by atoms with Gasteiger partial charge in [-0.15, -0.1) is 0 Å². The number of hydrogen-bond acceptors (Lipinski definition) is 2. The van der Waals surface area contributed by atoms with Crippen molar-refractivity contribution in [2.45, 2.75) is 19.9 Å². The minimum absolute atomic E-state index is 0.304. The molecule has 2 rings (SSSR count). The van der Waals surface area contributed by atoms with Crippen LogP contribution in [0.25, 0.3) is 11.1 Å². The van der Waals surface area contributed by atoms with E-state index in [4.69, 9.17) is 0 Å². The van der Waals surface area contributed by atoms with Crippen molar-refractivity contribution in [3.05, 3.63) is 54.1 Å². The van der Waals surface area contributed by atoms with Gasteiger partial charge in [-0.05, 0) is 30.2 Å². The summed E-state index contributed by atoms with van der Waals surface area (Å²) in [5.41, 5.74) is 3.03. The first kappa shape index (κ1) is 12.7. The summed E-state index contributed by atoms with van der Waals surface area (Å²) in [6.45, 7) is 4.04. The molecule has 3 heteroatoms. The van der Waals surface area contributed by atoms with Gasteiger partial charge in [-0.3, -0.25) is 4.98 Å². The Morgan fingerprint density at radius 3 is 2.56 bits per heavy atom. The maximum Gasteiger partial charge on any atom is 0.142 e. The molecule has 0 saturated heterocycles. The summed E-state index contributed by atoms with van der Waals surface area (Å²) in [6.07, 6.45) is 4.02. The zero-order valence-corrected chi connectivity index (χ0v) is 10.5. The average molecular weight is 244 g/mol. The molecule has 0 atom stereocenters. The molecule has 1 N–H and O–H groups in total. The topological polar surface area (TPSA) is 24.9 Å². The monoisotopic (exact) mass is 244 g/mol. The number of hydrogen-bond donors (Lipinski definition) is 1. The van der Waals surface area contributed by atoms with Gasteiger partial charge < -0.3 is 5.32 Å². The highest BCUT2D eigenvalue weighted by molar-refractivity contribution is 5.62. The van der Waals surface area contributed by atoms with Gasteiger partial charge in [0.05, 0.1) is 6.20 Å². The van der Waals surface area contributed by atoms with E-state index in [2.05, 4.69) is 29.4 Å². The first-order valence-corrected chi connectivity index (χ1v) is 6.20. The maximum absolute atomic E-state index is 13.1. The molecule has 0 aliphatic carbocycles. The van der Waals surface area contributed by atoms with E-state index in [1.165, 1.54) is 17.8 Å². The molecule has 0 aliphatic heterocycles. The second-order valence-electron chi connectivity index (χ2n) is 4.27. The predicted molar refractivity (Wildman–Crippen MR) is 71.6 cm³/mol. The van der Waals surface area contributed by atoms with E-state index in [1.54, 1.807) is 6.20 Å². The third-order valence-electron chi connectivity index (χ3n) is 2.75. The van der Waals surface area contributed by atoms with E-state index in [9.17, 15) is 4.39 Å². The number of nitrogens with zero attached hydrogens (tertiary/aromatic N) is 1. The smallest absolute Gasteiger partial charge is 0.142 e. The fourth-order valence-electron chi connectivity index (χ4n) is 1.79. The zero-order valence-electron chi connectivity index (χ0n) is 10.5.